The van der Waals surface area contributed by atoms with E-state index in [-0.39, 0.29) is 0 Å². The Morgan fingerprint density at radius 1 is 1.00 bits per heavy atom. The number of ether oxygens (including phenoxy) is 1. The molecule has 21 heavy (non-hydrogen) atoms. The molecule has 0 unspecified atom stereocenters. The van der Waals surface area contributed by atoms with Crippen LogP contribution in [0.15, 0.2) is 42.5 Å². The van der Waals surface area contributed by atoms with E-state index in [0.717, 1.165) is 18.8 Å². The van der Waals surface area contributed by atoms with Crippen LogP contribution in [0.3, 0.4) is 0 Å². The lowest BCUT2D eigenvalue weighted by Crippen LogP contribution is -2.28. The van der Waals surface area contributed by atoms with Crippen LogP contribution in [-0.4, -0.2) is 19.7 Å². The van der Waals surface area contributed by atoms with E-state index in [1.807, 2.05) is 6.07 Å². The van der Waals surface area contributed by atoms with E-state index in [0.29, 0.717) is 6.61 Å². The fourth-order valence-corrected chi connectivity index (χ4v) is 2.53. The van der Waals surface area contributed by atoms with E-state index in [9.17, 15) is 0 Å². The average Bonchev–Trinajstić information content (AvgIpc) is 2.49. The molecule has 2 aromatic rings. The van der Waals surface area contributed by atoms with Crippen LogP contribution in [0.25, 0.3) is 0 Å². The number of hydrogen-bond acceptors (Lipinski definition) is 2. The molecule has 0 radical (unpaired) electrons. The van der Waals surface area contributed by atoms with Gasteiger partial charge in [0, 0.05) is 12.2 Å². The minimum Gasteiger partial charge on any atom is -0.491 e. The summed E-state index contributed by atoms with van der Waals surface area (Å²) in [5, 5.41) is 0. The molecule has 0 aliphatic rings. The summed E-state index contributed by atoms with van der Waals surface area (Å²) < 4.78 is 6.01. The normalized spacial score (nSPS) is 10.5. The zero-order chi connectivity index (χ0) is 15.2. The third kappa shape index (κ3) is 4.01. The van der Waals surface area contributed by atoms with Gasteiger partial charge in [-0.2, -0.15) is 0 Å². The number of aryl methyl sites for hydroxylation is 2. The van der Waals surface area contributed by atoms with Crippen LogP contribution < -0.4 is 9.64 Å². The largest absolute Gasteiger partial charge is 0.491 e. The predicted octanol–water partition coefficient (Wildman–Crippen LogP) is 4.52. The first-order chi connectivity index (χ1) is 10.1. The Morgan fingerprint density at radius 2 is 1.71 bits per heavy atom. The molecule has 0 amide bonds. The van der Waals surface area contributed by atoms with Gasteiger partial charge in [0.05, 0.1) is 6.54 Å². The molecule has 0 N–H and O–H groups in total. The van der Waals surface area contributed by atoms with E-state index in [2.05, 4.69) is 69.0 Å². The summed E-state index contributed by atoms with van der Waals surface area (Å²) in [5.74, 6) is 1.01. The van der Waals surface area contributed by atoms with Crippen molar-refractivity contribution >= 4 is 5.69 Å². The third-order valence-electron chi connectivity index (χ3n) is 3.89. The Bertz CT molecular complexity index is 578. The smallest absolute Gasteiger partial charge is 0.122 e. The van der Waals surface area contributed by atoms with Gasteiger partial charge < -0.3 is 9.64 Å². The molecule has 2 nitrogen and oxygen atoms in total. The van der Waals surface area contributed by atoms with Crippen LogP contribution >= 0.6 is 0 Å². The Kier molecular flexibility index (Phi) is 5.26. The maximum Gasteiger partial charge on any atom is 0.122 e. The highest BCUT2D eigenvalue weighted by Gasteiger charge is 2.06. The maximum absolute atomic E-state index is 6.01. The van der Waals surface area contributed by atoms with Crippen LogP contribution in [-0.2, 0) is 0 Å². The number of para-hydroxylation sites is 1. The molecule has 0 aliphatic carbocycles. The molecule has 0 saturated heterocycles. The van der Waals surface area contributed by atoms with Gasteiger partial charge in [-0.1, -0.05) is 24.3 Å². The van der Waals surface area contributed by atoms with Gasteiger partial charge in [0.2, 0.25) is 0 Å². The van der Waals surface area contributed by atoms with Crippen LogP contribution in [0.4, 0.5) is 5.69 Å². The highest BCUT2D eigenvalue weighted by Crippen LogP contribution is 2.23. The van der Waals surface area contributed by atoms with Crippen LogP contribution in [0, 0.1) is 20.8 Å². The average molecular weight is 283 g/mol. The summed E-state index contributed by atoms with van der Waals surface area (Å²) in [4.78, 5) is 2.33. The molecular weight excluding hydrogens is 258 g/mol. The van der Waals surface area contributed by atoms with Crippen molar-refractivity contribution in [2.24, 2.45) is 0 Å². The zero-order valence-electron chi connectivity index (χ0n) is 13.5. The van der Waals surface area contributed by atoms with E-state index in [4.69, 9.17) is 4.74 Å². The number of nitrogens with zero attached hydrogens (tertiary/aromatic N) is 1. The second-order valence-electron chi connectivity index (χ2n) is 5.47. The van der Waals surface area contributed by atoms with Crippen LogP contribution in [0.2, 0.25) is 0 Å². The van der Waals surface area contributed by atoms with Crippen molar-refractivity contribution in [2.45, 2.75) is 27.7 Å². The monoisotopic (exact) mass is 283 g/mol. The third-order valence-corrected chi connectivity index (χ3v) is 3.89. The fraction of sp³-hybridized carbons (Fsp3) is 0.368. The van der Waals surface area contributed by atoms with Crippen molar-refractivity contribution in [3.63, 3.8) is 0 Å². The number of anilines is 1. The molecule has 112 valence electrons. The van der Waals surface area contributed by atoms with Gasteiger partial charge in [0.15, 0.2) is 0 Å². The minimum absolute atomic E-state index is 0.701. The van der Waals surface area contributed by atoms with E-state index in [1.54, 1.807) is 0 Å². The fourth-order valence-electron chi connectivity index (χ4n) is 2.53. The Morgan fingerprint density at radius 3 is 2.38 bits per heavy atom. The summed E-state index contributed by atoms with van der Waals surface area (Å²) in [6.07, 6.45) is 0. The van der Waals surface area contributed by atoms with E-state index in [1.165, 1.54) is 22.4 Å². The molecule has 0 heterocycles. The van der Waals surface area contributed by atoms with Crippen molar-refractivity contribution in [1.82, 2.24) is 0 Å². The van der Waals surface area contributed by atoms with Crippen LogP contribution in [0.5, 0.6) is 5.75 Å². The van der Waals surface area contributed by atoms with Gasteiger partial charge in [-0.15, -0.1) is 0 Å². The van der Waals surface area contributed by atoms with Crippen molar-refractivity contribution in [3.05, 3.63) is 59.2 Å². The van der Waals surface area contributed by atoms with Gasteiger partial charge >= 0.3 is 0 Å². The second-order valence-corrected chi connectivity index (χ2v) is 5.47. The molecule has 2 heteroatoms. The molecular formula is C19H25NO. The first kappa shape index (κ1) is 15.4. The summed E-state index contributed by atoms with van der Waals surface area (Å²) >= 11 is 0. The van der Waals surface area contributed by atoms with Crippen molar-refractivity contribution in [2.75, 3.05) is 24.6 Å². The highest BCUT2D eigenvalue weighted by atomic mass is 16.5. The molecule has 0 saturated carbocycles. The Labute approximate surface area is 128 Å². The molecule has 0 bridgehead atoms. The first-order valence-electron chi connectivity index (χ1n) is 7.62. The summed E-state index contributed by atoms with van der Waals surface area (Å²) in [7, 11) is 0. The van der Waals surface area contributed by atoms with Crippen molar-refractivity contribution in [3.8, 4) is 5.75 Å². The zero-order valence-corrected chi connectivity index (χ0v) is 13.5. The summed E-state index contributed by atoms with van der Waals surface area (Å²) in [6.45, 7) is 11.1. The SMILES string of the molecule is CCN(CCOc1cc(C)cc(C)c1C)c1ccccc1. The van der Waals surface area contributed by atoms with Gasteiger partial charge in [0.1, 0.15) is 12.4 Å². The van der Waals surface area contributed by atoms with Crippen molar-refractivity contribution in [1.29, 1.82) is 0 Å². The standard InChI is InChI=1S/C19H25NO/c1-5-20(18-9-7-6-8-10-18)11-12-21-19-14-15(2)13-16(3)17(19)4/h6-10,13-14H,5,11-12H2,1-4H3. The molecule has 2 rings (SSSR count). The second kappa shape index (κ2) is 7.16. The molecule has 0 aliphatic heterocycles. The molecule has 0 spiro atoms. The molecule has 0 fully saturated rings. The predicted molar refractivity (Wildman–Crippen MR) is 90.5 cm³/mol. The van der Waals surface area contributed by atoms with Gasteiger partial charge in [-0.25, -0.2) is 0 Å². The Hall–Kier alpha value is -1.96. The number of benzene rings is 2. The van der Waals surface area contributed by atoms with Gasteiger partial charge in [-0.3, -0.25) is 0 Å². The van der Waals surface area contributed by atoms with Crippen molar-refractivity contribution < 1.29 is 4.74 Å². The Balaban J connectivity index is 1.98. The summed E-state index contributed by atoms with van der Waals surface area (Å²) in [6, 6.07) is 14.8. The number of rotatable bonds is 6. The summed E-state index contributed by atoms with van der Waals surface area (Å²) in [5.41, 5.74) is 5.04. The van der Waals surface area contributed by atoms with Gasteiger partial charge in [-0.05, 0) is 62.6 Å². The molecule has 0 aromatic heterocycles. The highest BCUT2D eigenvalue weighted by molar-refractivity contribution is 5.46. The molecule has 0 atom stereocenters. The molecule has 2 aromatic carbocycles. The van der Waals surface area contributed by atoms with E-state index >= 15 is 0 Å². The number of hydrogen-bond donors (Lipinski definition) is 0. The maximum atomic E-state index is 6.01. The lowest BCUT2D eigenvalue weighted by Gasteiger charge is -2.23. The number of likely N-dealkylation sites (N-methyl/N-ethyl adjacent to an activating group) is 1. The van der Waals surface area contributed by atoms with Gasteiger partial charge in [0.25, 0.3) is 0 Å². The lowest BCUT2D eigenvalue weighted by molar-refractivity contribution is 0.321. The minimum atomic E-state index is 0.701. The lowest BCUT2D eigenvalue weighted by atomic mass is 10.1. The van der Waals surface area contributed by atoms with Crippen LogP contribution in [0.1, 0.15) is 23.6 Å². The topological polar surface area (TPSA) is 12.5 Å². The quantitative estimate of drug-likeness (QED) is 0.773. The first-order valence-corrected chi connectivity index (χ1v) is 7.62. The van der Waals surface area contributed by atoms with E-state index < -0.39 is 0 Å².